The van der Waals surface area contributed by atoms with Crippen molar-refractivity contribution in [1.29, 1.82) is 0 Å². The van der Waals surface area contributed by atoms with Gasteiger partial charge in [-0.05, 0) is 18.6 Å². The van der Waals surface area contributed by atoms with Gasteiger partial charge in [-0.1, -0.05) is 18.2 Å². The van der Waals surface area contributed by atoms with Crippen molar-refractivity contribution in [2.75, 3.05) is 12.4 Å². The molecule has 1 aromatic rings. The van der Waals surface area contributed by atoms with Crippen LogP contribution in [0.3, 0.4) is 0 Å². The Morgan fingerprint density at radius 1 is 1.36 bits per heavy atom. The van der Waals surface area contributed by atoms with E-state index in [1.807, 2.05) is 30.3 Å². The Morgan fingerprint density at radius 3 is 2.79 bits per heavy atom. The third-order valence-electron chi connectivity index (χ3n) is 2.29. The van der Waals surface area contributed by atoms with E-state index in [2.05, 4.69) is 0 Å². The molecule has 1 atom stereocenters. The second kappa shape index (κ2) is 4.34. The lowest BCUT2D eigenvalue weighted by molar-refractivity contribution is -0.151. The Bertz CT molecular complexity index is 281. The average Bonchev–Trinajstić information content (AvgIpc) is 2.65. The molecule has 2 rings (SSSR count). The van der Waals surface area contributed by atoms with E-state index in [9.17, 15) is 5.11 Å². The molecule has 1 heterocycles. The van der Waals surface area contributed by atoms with Gasteiger partial charge in [0.25, 0.3) is 0 Å². The van der Waals surface area contributed by atoms with Gasteiger partial charge in [0.05, 0.1) is 12.4 Å². The SMILES string of the molecule is OC1(CSc2ccccc2)CCCO1. The Hall–Kier alpha value is -0.510. The van der Waals surface area contributed by atoms with Crippen molar-refractivity contribution in [3.05, 3.63) is 30.3 Å². The van der Waals surface area contributed by atoms with Gasteiger partial charge in [0.2, 0.25) is 0 Å². The fourth-order valence-corrected chi connectivity index (χ4v) is 2.48. The van der Waals surface area contributed by atoms with Gasteiger partial charge in [0.15, 0.2) is 5.79 Å². The van der Waals surface area contributed by atoms with Gasteiger partial charge in [0, 0.05) is 11.3 Å². The molecule has 14 heavy (non-hydrogen) atoms. The predicted octanol–water partition coefficient (Wildman–Crippen LogP) is 2.28. The second-order valence-electron chi connectivity index (χ2n) is 3.50. The van der Waals surface area contributed by atoms with Gasteiger partial charge in [-0.2, -0.15) is 0 Å². The highest BCUT2D eigenvalue weighted by Crippen LogP contribution is 2.29. The minimum Gasteiger partial charge on any atom is -0.365 e. The van der Waals surface area contributed by atoms with Gasteiger partial charge >= 0.3 is 0 Å². The lowest BCUT2D eigenvalue weighted by atomic mass is 10.2. The zero-order valence-electron chi connectivity index (χ0n) is 7.98. The van der Waals surface area contributed by atoms with E-state index in [1.54, 1.807) is 11.8 Å². The van der Waals surface area contributed by atoms with Crippen LogP contribution in [0.5, 0.6) is 0 Å². The lowest BCUT2D eigenvalue weighted by Crippen LogP contribution is -2.29. The first-order chi connectivity index (χ1) is 6.79. The number of rotatable bonds is 3. The second-order valence-corrected chi connectivity index (χ2v) is 4.55. The highest BCUT2D eigenvalue weighted by atomic mass is 32.2. The number of aliphatic hydroxyl groups is 1. The van der Waals surface area contributed by atoms with Crippen LogP contribution in [-0.2, 0) is 4.74 Å². The summed E-state index contributed by atoms with van der Waals surface area (Å²) in [6, 6.07) is 10.1. The van der Waals surface area contributed by atoms with Crippen molar-refractivity contribution in [1.82, 2.24) is 0 Å². The first-order valence-electron chi connectivity index (χ1n) is 4.83. The topological polar surface area (TPSA) is 29.5 Å². The van der Waals surface area contributed by atoms with Crippen molar-refractivity contribution in [2.45, 2.75) is 23.5 Å². The maximum absolute atomic E-state index is 9.91. The Labute approximate surface area is 88.3 Å². The molecule has 0 aliphatic carbocycles. The molecule has 1 fully saturated rings. The molecule has 1 aromatic carbocycles. The largest absolute Gasteiger partial charge is 0.365 e. The van der Waals surface area contributed by atoms with Gasteiger partial charge in [-0.25, -0.2) is 0 Å². The van der Waals surface area contributed by atoms with Crippen LogP contribution in [0.2, 0.25) is 0 Å². The molecule has 1 unspecified atom stereocenters. The summed E-state index contributed by atoms with van der Waals surface area (Å²) >= 11 is 1.64. The number of benzene rings is 1. The van der Waals surface area contributed by atoms with Crippen LogP contribution in [0.25, 0.3) is 0 Å². The fourth-order valence-electron chi connectivity index (χ4n) is 1.51. The van der Waals surface area contributed by atoms with Crippen molar-refractivity contribution >= 4 is 11.8 Å². The predicted molar refractivity (Wildman–Crippen MR) is 57.3 cm³/mol. The standard InChI is InChI=1S/C11H14O2S/c12-11(7-4-8-13-11)9-14-10-5-2-1-3-6-10/h1-3,5-6,12H,4,7-9H2. The summed E-state index contributed by atoms with van der Waals surface area (Å²) in [6.07, 6.45) is 1.72. The summed E-state index contributed by atoms with van der Waals surface area (Å²) in [4.78, 5) is 1.18. The van der Waals surface area contributed by atoms with Gasteiger partial charge in [-0.15, -0.1) is 11.8 Å². The lowest BCUT2D eigenvalue weighted by Gasteiger charge is -2.20. The molecular weight excluding hydrogens is 196 g/mol. The number of ether oxygens (including phenoxy) is 1. The minimum absolute atomic E-state index is 0.622. The maximum Gasteiger partial charge on any atom is 0.174 e. The summed E-state index contributed by atoms with van der Waals surface area (Å²) < 4.78 is 5.30. The molecule has 1 aliphatic rings. The zero-order valence-corrected chi connectivity index (χ0v) is 8.80. The fraction of sp³-hybridized carbons (Fsp3) is 0.455. The van der Waals surface area contributed by atoms with E-state index in [1.165, 1.54) is 4.90 Å². The van der Waals surface area contributed by atoms with Gasteiger partial charge in [0.1, 0.15) is 0 Å². The Morgan fingerprint density at radius 2 is 2.14 bits per heavy atom. The average molecular weight is 210 g/mol. The molecule has 3 heteroatoms. The zero-order chi connectivity index (χ0) is 9.86. The molecule has 76 valence electrons. The molecular formula is C11H14O2S. The summed E-state index contributed by atoms with van der Waals surface area (Å²) in [5.41, 5.74) is 0. The summed E-state index contributed by atoms with van der Waals surface area (Å²) in [5.74, 6) is -0.266. The monoisotopic (exact) mass is 210 g/mol. The van der Waals surface area contributed by atoms with Gasteiger partial charge in [-0.3, -0.25) is 0 Å². The van der Waals surface area contributed by atoms with E-state index in [4.69, 9.17) is 4.74 Å². The van der Waals surface area contributed by atoms with Crippen LogP contribution in [0, 0.1) is 0 Å². The van der Waals surface area contributed by atoms with Crippen molar-refractivity contribution in [3.63, 3.8) is 0 Å². The normalized spacial score (nSPS) is 26.6. The number of thioether (sulfide) groups is 1. The first-order valence-corrected chi connectivity index (χ1v) is 5.81. The Balaban J connectivity index is 1.88. The first kappa shape index (κ1) is 10.0. The summed E-state index contributed by atoms with van der Waals surface area (Å²) in [7, 11) is 0. The van der Waals surface area contributed by atoms with Crippen LogP contribution >= 0.6 is 11.8 Å². The molecule has 1 aliphatic heterocycles. The van der Waals surface area contributed by atoms with Crippen LogP contribution in [-0.4, -0.2) is 23.3 Å². The molecule has 0 amide bonds. The van der Waals surface area contributed by atoms with Crippen molar-refractivity contribution in [3.8, 4) is 0 Å². The molecule has 0 saturated carbocycles. The summed E-state index contributed by atoms with van der Waals surface area (Å²) in [6.45, 7) is 0.686. The van der Waals surface area contributed by atoms with Crippen molar-refractivity contribution < 1.29 is 9.84 Å². The third kappa shape index (κ3) is 2.50. The summed E-state index contributed by atoms with van der Waals surface area (Å²) in [5, 5.41) is 9.91. The molecule has 1 N–H and O–H groups in total. The highest BCUT2D eigenvalue weighted by Gasteiger charge is 2.32. The quantitative estimate of drug-likeness (QED) is 0.776. The molecule has 0 spiro atoms. The van der Waals surface area contributed by atoms with E-state index < -0.39 is 5.79 Å². The van der Waals surface area contributed by atoms with Crippen LogP contribution in [0.15, 0.2) is 35.2 Å². The minimum atomic E-state index is -0.888. The molecule has 0 aromatic heterocycles. The molecule has 1 saturated heterocycles. The van der Waals surface area contributed by atoms with E-state index in [-0.39, 0.29) is 0 Å². The third-order valence-corrected chi connectivity index (χ3v) is 3.49. The number of hydrogen-bond donors (Lipinski definition) is 1. The molecule has 0 radical (unpaired) electrons. The highest BCUT2D eigenvalue weighted by molar-refractivity contribution is 7.99. The smallest absolute Gasteiger partial charge is 0.174 e. The maximum atomic E-state index is 9.91. The Kier molecular flexibility index (Phi) is 3.11. The molecule has 0 bridgehead atoms. The van der Waals surface area contributed by atoms with E-state index in [0.717, 1.165) is 12.8 Å². The van der Waals surface area contributed by atoms with E-state index >= 15 is 0 Å². The van der Waals surface area contributed by atoms with Crippen LogP contribution < -0.4 is 0 Å². The van der Waals surface area contributed by atoms with E-state index in [0.29, 0.717) is 12.4 Å². The van der Waals surface area contributed by atoms with Crippen molar-refractivity contribution in [2.24, 2.45) is 0 Å². The molecule has 2 nitrogen and oxygen atoms in total. The number of hydrogen-bond acceptors (Lipinski definition) is 3. The van der Waals surface area contributed by atoms with Gasteiger partial charge < -0.3 is 9.84 Å². The van der Waals surface area contributed by atoms with Crippen LogP contribution in [0.4, 0.5) is 0 Å². The van der Waals surface area contributed by atoms with Crippen LogP contribution in [0.1, 0.15) is 12.8 Å².